The largest absolute Gasteiger partial charge is 0.484 e. The summed E-state index contributed by atoms with van der Waals surface area (Å²) in [6.45, 7) is 2.46. The molecule has 2 heterocycles. The number of carbonyl (C=O) groups is 1. The SMILES string of the molecule is O=C(COc1ccc(Cl)cc1)N1CCN2c3ccccc3CC2C1. The second-order valence-corrected chi connectivity index (χ2v) is 6.70. The molecule has 0 spiro atoms. The number of carbonyl (C=O) groups excluding carboxylic acids is 1. The Kier molecular flexibility index (Phi) is 4.07. The summed E-state index contributed by atoms with van der Waals surface area (Å²) in [5.74, 6) is 0.709. The van der Waals surface area contributed by atoms with Crippen LogP contribution in [-0.2, 0) is 11.2 Å². The van der Waals surface area contributed by atoms with Crippen molar-refractivity contribution >= 4 is 23.2 Å². The first-order chi connectivity index (χ1) is 11.7. The van der Waals surface area contributed by atoms with Gasteiger partial charge in [-0.3, -0.25) is 4.79 Å². The van der Waals surface area contributed by atoms with Crippen LogP contribution in [0.5, 0.6) is 5.75 Å². The zero-order valence-corrected chi connectivity index (χ0v) is 14.1. The lowest BCUT2D eigenvalue weighted by atomic mass is 10.1. The number of amides is 1. The van der Waals surface area contributed by atoms with Crippen LogP contribution >= 0.6 is 11.6 Å². The molecule has 0 radical (unpaired) electrons. The molecule has 1 amide bonds. The predicted molar refractivity (Wildman–Crippen MR) is 94.8 cm³/mol. The van der Waals surface area contributed by atoms with E-state index in [4.69, 9.17) is 16.3 Å². The van der Waals surface area contributed by atoms with E-state index in [1.165, 1.54) is 11.3 Å². The predicted octanol–water partition coefficient (Wildman–Crippen LogP) is 2.99. The normalized spacial score (nSPS) is 19.0. The lowest BCUT2D eigenvalue weighted by Gasteiger charge is -2.39. The van der Waals surface area contributed by atoms with E-state index in [1.54, 1.807) is 24.3 Å². The van der Waals surface area contributed by atoms with E-state index >= 15 is 0 Å². The van der Waals surface area contributed by atoms with Crippen molar-refractivity contribution in [1.29, 1.82) is 0 Å². The van der Waals surface area contributed by atoms with Crippen LogP contribution in [0, 0.1) is 0 Å². The summed E-state index contributed by atoms with van der Waals surface area (Å²) in [4.78, 5) is 16.8. The molecule has 1 fully saturated rings. The summed E-state index contributed by atoms with van der Waals surface area (Å²) in [6, 6.07) is 16.0. The van der Waals surface area contributed by atoms with E-state index in [2.05, 4.69) is 29.2 Å². The van der Waals surface area contributed by atoms with Crippen LogP contribution in [0.3, 0.4) is 0 Å². The molecule has 1 unspecified atom stereocenters. The van der Waals surface area contributed by atoms with Crippen molar-refractivity contribution < 1.29 is 9.53 Å². The average Bonchev–Trinajstić information content (AvgIpc) is 2.98. The van der Waals surface area contributed by atoms with Gasteiger partial charge in [-0.1, -0.05) is 29.8 Å². The molecule has 0 N–H and O–H groups in total. The van der Waals surface area contributed by atoms with Gasteiger partial charge < -0.3 is 14.5 Å². The highest BCUT2D eigenvalue weighted by Crippen LogP contribution is 2.33. The van der Waals surface area contributed by atoms with E-state index < -0.39 is 0 Å². The summed E-state index contributed by atoms with van der Waals surface area (Å²) >= 11 is 5.85. The molecular formula is C19H19ClN2O2. The molecule has 2 aromatic rings. The summed E-state index contributed by atoms with van der Waals surface area (Å²) in [5, 5.41) is 0.658. The fourth-order valence-corrected chi connectivity index (χ4v) is 3.68. The van der Waals surface area contributed by atoms with Crippen LogP contribution < -0.4 is 9.64 Å². The number of halogens is 1. The number of hydrogen-bond donors (Lipinski definition) is 0. The number of ether oxygens (including phenoxy) is 1. The van der Waals surface area contributed by atoms with Crippen molar-refractivity contribution in [2.75, 3.05) is 31.1 Å². The molecule has 4 nitrogen and oxygen atoms in total. The van der Waals surface area contributed by atoms with Crippen molar-refractivity contribution in [3.8, 4) is 5.75 Å². The fourth-order valence-electron chi connectivity index (χ4n) is 3.56. The Morgan fingerprint density at radius 2 is 1.92 bits per heavy atom. The van der Waals surface area contributed by atoms with E-state index in [0.29, 0.717) is 16.8 Å². The molecule has 0 saturated carbocycles. The van der Waals surface area contributed by atoms with Crippen molar-refractivity contribution in [1.82, 2.24) is 4.90 Å². The van der Waals surface area contributed by atoms with Gasteiger partial charge in [-0.15, -0.1) is 0 Å². The number of benzene rings is 2. The molecule has 2 aliphatic rings. The van der Waals surface area contributed by atoms with Gasteiger partial charge >= 0.3 is 0 Å². The minimum Gasteiger partial charge on any atom is -0.484 e. The van der Waals surface area contributed by atoms with Crippen LogP contribution in [0.2, 0.25) is 5.02 Å². The van der Waals surface area contributed by atoms with Gasteiger partial charge in [0.1, 0.15) is 5.75 Å². The Hall–Kier alpha value is -2.20. The summed E-state index contributed by atoms with van der Waals surface area (Å²) in [5.41, 5.74) is 2.71. The van der Waals surface area contributed by atoms with Gasteiger partial charge in [0.2, 0.25) is 0 Å². The van der Waals surface area contributed by atoms with Crippen LogP contribution in [0.15, 0.2) is 48.5 Å². The zero-order chi connectivity index (χ0) is 16.5. The Morgan fingerprint density at radius 3 is 2.75 bits per heavy atom. The van der Waals surface area contributed by atoms with E-state index in [1.807, 2.05) is 4.90 Å². The van der Waals surface area contributed by atoms with Gasteiger partial charge in [0.25, 0.3) is 5.91 Å². The van der Waals surface area contributed by atoms with Crippen LogP contribution in [0.25, 0.3) is 0 Å². The third-order valence-electron chi connectivity index (χ3n) is 4.77. The Balaban J connectivity index is 1.35. The summed E-state index contributed by atoms with van der Waals surface area (Å²) in [6.07, 6.45) is 1.01. The molecule has 24 heavy (non-hydrogen) atoms. The maximum Gasteiger partial charge on any atom is 0.260 e. The second kappa shape index (κ2) is 6.36. The topological polar surface area (TPSA) is 32.8 Å². The smallest absolute Gasteiger partial charge is 0.260 e. The van der Waals surface area contributed by atoms with Crippen molar-refractivity contribution in [2.45, 2.75) is 12.5 Å². The molecule has 4 rings (SSSR count). The first-order valence-electron chi connectivity index (χ1n) is 8.21. The van der Waals surface area contributed by atoms with Crippen molar-refractivity contribution in [3.05, 3.63) is 59.1 Å². The molecular weight excluding hydrogens is 324 g/mol. The van der Waals surface area contributed by atoms with E-state index in [-0.39, 0.29) is 12.5 Å². The molecule has 2 aliphatic heterocycles. The Morgan fingerprint density at radius 1 is 1.12 bits per heavy atom. The number of hydrogen-bond acceptors (Lipinski definition) is 3. The van der Waals surface area contributed by atoms with Gasteiger partial charge in [0, 0.05) is 30.3 Å². The number of para-hydroxylation sites is 1. The highest BCUT2D eigenvalue weighted by molar-refractivity contribution is 6.30. The van der Waals surface area contributed by atoms with Gasteiger partial charge in [0.15, 0.2) is 6.61 Å². The Bertz CT molecular complexity index is 747. The third-order valence-corrected chi connectivity index (χ3v) is 5.02. The van der Waals surface area contributed by atoms with Gasteiger partial charge in [-0.2, -0.15) is 0 Å². The zero-order valence-electron chi connectivity index (χ0n) is 13.3. The maximum atomic E-state index is 12.5. The third kappa shape index (κ3) is 2.94. The van der Waals surface area contributed by atoms with Crippen molar-refractivity contribution in [3.63, 3.8) is 0 Å². The van der Waals surface area contributed by atoms with E-state index in [9.17, 15) is 4.79 Å². The molecule has 5 heteroatoms. The van der Waals surface area contributed by atoms with E-state index in [0.717, 1.165) is 26.1 Å². The number of fused-ring (bicyclic) bond motifs is 3. The molecule has 1 atom stereocenters. The van der Waals surface area contributed by atoms with Gasteiger partial charge in [-0.25, -0.2) is 0 Å². The van der Waals surface area contributed by atoms with Crippen LogP contribution in [0.1, 0.15) is 5.56 Å². The highest BCUT2D eigenvalue weighted by atomic mass is 35.5. The minimum atomic E-state index is 0.0422. The van der Waals surface area contributed by atoms with Gasteiger partial charge in [0.05, 0.1) is 6.04 Å². The number of piperazine rings is 1. The van der Waals surface area contributed by atoms with Crippen LogP contribution in [-0.4, -0.2) is 43.1 Å². The second-order valence-electron chi connectivity index (χ2n) is 6.26. The fraction of sp³-hybridized carbons (Fsp3) is 0.316. The minimum absolute atomic E-state index is 0.0422. The molecule has 124 valence electrons. The lowest BCUT2D eigenvalue weighted by Crippen LogP contribution is -2.54. The molecule has 0 aromatic heterocycles. The molecule has 0 aliphatic carbocycles. The average molecular weight is 343 g/mol. The number of rotatable bonds is 3. The quantitative estimate of drug-likeness (QED) is 0.859. The molecule has 1 saturated heterocycles. The standard InChI is InChI=1S/C19H19ClN2O2/c20-15-5-7-17(8-6-15)24-13-19(23)21-9-10-22-16(12-21)11-14-3-1-2-4-18(14)22/h1-8,16H,9-13H2. The highest BCUT2D eigenvalue weighted by Gasteiger charge is 2.35. The monoisotopic (exact) mass is 342 g/mol. The number of nitrogens with zero attached hydrogens (tertiary/aromatic N) is 2. The van der Waals surface area contributed by atoms with Gasteiger partial charge in [-0.05, 0) is 42.3 Å². The van der Waals surface area contributed by atoms with Crippen molar-refractivity contribution in [2.24, 2.45) is 0 Å². The summed E-state index contributed by atoms with van der Waals surface area (Å²) < 4.78 is 5.59. The first-order valence-corrected chi connectivity index (χ1v) is 8.59. The first kappa shape index (κ1) is 15.3. The lowest BCUT2D eigenvalue weighted by molar-refractivity contribution is -0.134. The molecule has 0 bridgehead atoms. The van der Waals surface area contributed by atoms with Crippen LogP contribution in [0.4, 0.5) is 5.69 Å². The maximum absolute atomic E-state index is 12.5. The summed E-state index contributed by atoms with van der Waals surface area (Å²) in [7, 11) is 0. The number of anilines is 1. The Labute approximate surface area is 146 Å². The molecule has 2 aromatic carbocycles.